The van der Waals surface area contributed by atoms with Crippen LogP contribution in [0, 0.1) is 5.82 Å². The van der Waals surface area contributed by atoms with Crippen LogP contribution in [0.3, 0.4) is 0 Å². The number of halogens is 1. The lowest BCUT2D eigenvalue weighted by Gasteiger charge is -2.28. The molecule has 4 rings (SSSR count). The van der Waals surface area contributed by atoms with Crippen LogP contribution in [-0.2, 0) is 4.79 Å². The van der Waals surface area contributed by atoms with Crippen LogP contribution in [0.1, 0.15) is 37.7 Å². The molecule has 1 N–H and O–H groups in total. The van der Waals surface area contributed by atoms with E-state index < -0.39 is 11.9 Å². The molecule has 0 aromatic heterocycles. The number of hydrogen-bond acceptors (Lipinski definition) is 6. The molecule has 29 heavy (non-hydrogen) atoms. The maximum atomic E-state index is 13.8. The number of amides is 2. The highest BCUT2D eigenvalue weighted by Crippen LogP contribution is 2.33. The fourth-order valence-corrected chi connectivity index (χ4v) is 4.37. The topological polar surface area (TPSA) is 74.2 Å². The predicted octanol–water partition coefficient (Wildman–Crippen LogP) is 3.38. The largest absolute Gasteiger partial charge is 0.415 e. The minimum Gasteiger partial charge on any atom is -0.409 e. The highest BCUT2D eigenvalue weighted by Gasteiger charge is 2.28. The van der Waals surface area contributed by atoms with E-state index in [1.165, 1.54) is 30.0 Å². The van der Waals surface area contributed by atoms with E-state index in [0.29, 0.717) is 28.7 Å². The van der Waals surface area contributed by atoms with Gasteiger partial charge in [-0.05, 0) is 62.1 Å². The van der Waals surface area contributed by atoms with Crippen LogP contribution in [0.25, 0.3) is 6.08 Å². The fraction of sp³-hybridized carbons (Fsp3) is 0.450. The van der Waals surface area contributed by atoms with Gasteiger partial charge in [0, 0.05) is 37.8 Å². The Bertz CT molecular complexity index is 861. The number of thioether (sulfide) groups is 1. The summed E-state index contributed by atoms with van der Waals surface area (Å²) < 4.78 is 19.3. The van der Waals surface area contributed by atoms with E-state index in [-0.39, 0.29) is 11.7 Å². The number of hydrogen-bond donors (Lipinski definition) is 1. The van der Waals surface area contributed by atoms with Crippen molar-refractivity contribution in [1.82, 2.24) is 15.3 Å². The van der Waals surface area contributed by atoms with E-state index in [0.717, 1.165) is 45.2 Å². The van der Waals surface area contributed by atoms with Gasteiger partial charge in [0.1, 0.15) is 11.6 Å². The average molecular weight is 418 g/mol. The van der Waals surface area contributed by atoms with Crippen molar-refractivity contribution in [2.75, 3.05) is 26.2 Å². The maximum absolute atomic E-state index is 13.8. The third kappa shape index (κ3) is 4.79. The Morgan fingerprint density at radius 3 is 2.72 bits per heavy atom. The Kier molecular flexibility index (Phi) is 6.15. The number of carbonyl (C=O) groups excluding carboxylic acids is 2. The number of benzene rings is 1. The maximum Gasteiger partial charge on any atom is 0.415 e. The van der Waals surface area contributed by atoms with Crippen molar-refractivity contribution in [1.29, 1.82) is 0 Å². The number of nitrogens with one attached hydrogen (secondary N) is 1. The van der Waals surface area contributed by atoms with E-state index >= 15 is 0 Å². The van der Waals surface area contributed by atoms with Crippen molar-refractivity contribution >= 4 is 35.0 Å². The molecule has 1 aromatic rings. The number of piperidine rings is 1. The molecule has 3 aliphatic rings. The molecular formula is C20H23FN4O3S. The van der Waals surface area contributed by atoms with E-state index in [1.807, 2.05) is 5.01 Å². The molecule has 2 amide bonds. The van der Waals surface area contributed by atoms with Crippen LogP contribution in [0.2, 0.25) is 0 Å². The van der Waals surface area contributed by atoms with Gasteiger partial charge in [-0.2, -0.15) is 4.99 Å². The van der Waals surface area contributed by atoms with Crippen molar-refractivity contribution in [3.63, 3.8) is 0 Å². The number of aliphatic imine (C=N–C) groups is 1. The Morgan fingerprint density at radius 2 is 1.97 bits per heavy atom. The lowest BCUT2D eigenvalue weighted by atomic mass is 10.1. The summed E-state index contributed by atoms with van der Waals surface area (Å²) in [5.74, 6) is -0.755. The molecule has 1 aromatic carbocycles. The molecule has 0 radical (unpaired) electrons. The van der Waals surface area contributed by atoms with Crippen LogP contribution >= 0.6 is 11.8 Å². The van der Waals surface area contributed by atoms with Gasteiger partial charge >= 0.3 is 6.09 Å². The van der Waals surface area contributed by atoms with Gasteiger partial charge in [-0.1, -0.05) is 0 Å². The fourth-order valence-electron chi connectivity index (χ4n) is 3.46. The summed E-state index contributed by atoms with van der Waals surface area (Å²) in [7, 11) is 0. The first-order valence-electron chi connectivity index (χ1n) is 9.90. The van der Waals surface area contributed by atoms with Gasteiger partial charge in [0.15, 0.2) is 5.17 Å². The smallest absolute Gasteiger partial charge is 0.409 e. The van der Waals surface area contributed by atoms with Crippen molar-refractivity contribution in [3.8, 4) is 5.75 Å². The molecule has 154 valence electrons. The summed E-state index contributed by atoms with van der Waals surface area (Å²) in [5.41, 5.74) is 3.69. The SMILES string of the molecule is O=C1N=C(N2CCCCN2)SC1=Cc1ccc(F)cc1OC(=O)N1CCCCC1. The number of likely N-dealkylation sites (tertiary alicyclic amines) is 1. The van der Waals surface area contributed by atoms with Crippen molar-refractivity contribution in [2.24, 2.45) is 4.99 Å². The highest BCUT2D eigenvalue weighted by molar-refractivity contribution is 8.18. The molecule has 3 heterocycles. The molecular weight excluding hydrogens is 395 g/mol. The summed E-state index contributed by atoms with van der Waals surface area (Å²) in [6.07, 6.45) is 6.20. The minimum atomic E-state index is -0.506. The summed E-state index contributed by atoms with van der Waals surface area (Å²) in [6.45, 7) is 2.92. The Balaban J connectivity index is 1.51. The van der Waals surface area contributed by atoms with Gasteiger partial charge in [0.2, 0.25) is 0 Å². The third-order valence-corrected chi connectivity index (χ3v) is 6.03. The molecule has 2 fully saturated rings. The molecule has 0 bridgehead atoms. The van der Waals surface area contributed by atoms with Gasteiger partial charge in [-0.3, -0.25) is 9.80 Å². The normalized spacial score (nSPS) is 21.5. The van der Waals surface area contributed by atoms with Gasteiger partial charge in [0.05, 0.1) is 4.91 Å². The van der Waals surface area contributed by atoms with E-state index in [1.54, 1.807) is 11.0 Å². The Hall–Kier alpha value is -2.39. The van der Waals surface area contributed by atoms with E-state index in [4.69, 9.17) is 4.74 Å². The number of ether oxygens (including phenoxy) is 1. The van der Waals surface area contributed by atoms with Crippen LogP contribution in [0.4, 0.5) is 9.18 Å². The van der Waals surface area contributed by atoms with Crippen LogP contribution in [0.15, 0.2) is 28.1 Å². The number of amidine groups is 1. The van der Waals surface area contributed by atoms with Crippen molar-refractivity contribution in [2.45, 2.75) is 32.1 Å². The molecule has 0 spiro atoms. The molecule has 9 heteroatoms. The monoisotopic (exact) mass is 418 g/mol. The van der Waals surface area contributed by atoms with Crippen molar-refractivity contribution < 1.29 is 18.7 Å². The van der Waals surface area contributed by atoms with Gasteiger partial charge in [-0.15, -0.1) is 0 Å². The number of carbonyl (C=O) groups is 2. The standard InChI is InChI=1S/C20H23FN4O3S/c21-15-7-6-14(16(13-15)28-20(27)24-9-3-1-4-10-24)12-17-18(26)23-19(29-17)25-11-5-2-8-22-25/h6-7,12-13,22H,1-5,8-11H2. The van der Waals surface area contributed by atoms with E-state index in [9.17, 15) is 14.0 Å². The quantitative estimate of drug-likeness (QED) is 0.743. The second-order valence-electron chi connectivity index (χ2n) is 7.17. The molecule has 3 aliphatic heterocycles. The zero-order valence-corrected chi connectivity index (χ0v) is 16.8. The van der Waals surface area contributed by atoms with E-state index in [2.05, 4.69) is 10.4 Å². The summed E-state index contributed by atoms with van der Waals surface area (Å²) >= 11 is 1.26. The van der Waals surface area contributed by atoms with Gasteiger partial charge < -0.3 is 9.64 Å². The summed E-state index contributed by atoms with van der Waals surface area (Å²) in [5, 5.41) is 2.49. The van der Waals surface area contributed by atoms with Crippen LogP contribution in [0.5, 0.6) is 5.75 Å². The molecule has 0 aliphatic carbocycles. The van der Waals surface area contributed by atoms with Crippen molar-refractivity contribution in [3.05, 3.63) is 34.5 Å². The zero-order chi connectivity index (χ0) is 20.2. The summed E-state index contributed by atoms with van der Waals surface area (Å²) in [6, 6.07) is 3.96. The second kappa shape index (κ2) is 8.96. The molecule has 0 saturated carbocycles. The highest BCUT2D eigenvalue weighted by atomic mass is 32.2. The first-order chi connectivity index (χ1) is 14.1. The Morgan fingerprint density at radius 1 is 1.17 bits per heavy atom. The average Bonchev–Trinajstić information content (AvgIpc) is 3.11. The number of nitrogens with zero attached hydrogens (tertiary/aromatic N) is 3. The number of rotatable bonds is 2. The predicted molar refractivity (Wildman–Crippen MR) is 110 cm³/mol. The second-order valence-corrected chi connectivity index (χ2v) is 8.18. The van der Waals surface area contributed by atoms with Crippen LogP contribution in [-0.4, -0.2) is 53.3 Å². The first kappa shape index (κ1) is 19.9. The van der Waals surface area contributed by atoms with Gasteiger partial charge in [-0.25, -0.2) is 14.6 Å². The molecule has 2 saturated heterocycles. The first-order valence-corrected chi connectivity index (χ1v) is 10.7. The lowest BCUT2D eigenvalue weighted by Crippen LogP contribution is -2.45. The molecule has 0 atom stereocenters. The molecule has 0 unspecified atom stereocenters. The van der Waals surface area contributed by atoms with Crippen LogP contribution < -0.4 is 10.2 Å². The molecule has 7 nitrogen and oxygen atoms in total. The third-order valence-electron chi connectivity index (χ3n) is 5.03. The lowest BCUT2D eigenvalue weighted by molar-refractivity contribution is -0.113. The summed E-state index contributed by atoms with van der Waals surface area (Å²) in [4.78, 5) is 31.0. The minimum absolute atomic E-state index is 0.103. The number of hydrazine groups is 1. The van der Waals surface area contributed by atoms with Gasteiger partial charge in [0.25, 0.3) is 5.91 Å². The Labute approximate surface area is 172 Å². The zero-order valence-electron chi connectivity index (χ0n) is 16.0.